The number of ether oxygens (including phenoxy) is 1. The monoisotopic (exact) mass is 311 g/mol. The van der Waals surface area contributed by atoms with E-state index in [4.69, 9.17) is 4.74 Å². The second-order valence-corrected chi connectivity index (χ2v) is 6.99. The SMILES string of the molecule is COCC(O)CN(C)C(=O)c1cc(C(C)C)n(C(C)(C)C)n1. The first-order valence-electron chi connectivity index (χ1n) is 7.60. The Bertz CT molecular complexity index is 503. The van der Waals surface area contributed by atoms with Crippen LogP contribution in [0.1, 0.15) is 56.7 Å². The van der Waals surface area contributed by atoms with Crippen LogP contribution in [0.2, 0.25) is 0 Å². The number of carbonyl (C=O) groups excluding carboxylic acids is 1. The number of hydrogen-bond acceptors (Lipinski definition) is 4. The largest absolute Gasteiger partial charge is 0.389 e. The molecule has 0 bridgehead atoms. The second kappa shape index (κ2) is 7.24. The van der Waals surface area contributed by atoms with Gasteiger partial charge in [0.25, 0.3) is 5.91 Å². The van der Waals surface area contributed by atoms with Gasteiger partial charge in [0.2, 0.25) is 0 Å². The Labute approximate surface area is 133 Å². The van der Waals surface area contributed by atoms with Gasteiger partial charge in [-0.25, -0.2) is 0 Å². The second-order valence-electron chi connectivity index (χ2n) is 6.99. The van der Waals surface area contributed by atoms with Crippen molar-refractivity contribution in [3.05, 3.63) is 17.5 Å². The van der Waals surface area contributed by atoms with Crippen molar-refractivity contribution in [3.8, 4) is 0 Å². The Morgan fingerprint density at radius 3 is 2.45 bits per heavy atom. The molecule has 1 atom stereocenters. The molecule has 0 saturated heterocycles. The van der Waals surface area contributed by atoms with Gasteiger partial charge in [-0.2, -0.15) is 5.10 Å². The maximum absolute atomic E-state index is 12.5. The molecule has 6 nitrogen and oxygen atoms in total. The van der Waals surface area contributed by atoms with Crippen LogP contribution in [0.15, 0.2) is 6.07 Å². The predicted molar refractivity (Wildman–Crippen MR) is 86.2 cm³/mol. The van der Waals surface area contributed by atoms with Crippen LogP contribution < -0.4 is 0 Å². The molecule has 1 N–H and O–H groups in total. The van der Waals surface area contributed by atoms with E-state index in [9.17, 15) is 9.90 Å². The van der Waals surface area contributed by atoms with Crippen molar-refractivity contribution in [2.75, 3.05) is 27.3 Å². The number of nitrogens with zero attached hydrogens (tertiary/aromatic N) is 3. The molecule has 0 radical (unpaired) electrons. The maximum Gasteiger partial charge on any atom is 0.274 e. The standard InChI is InChI=1S/C16H29N3O3/c1-11(2)14-8-13(17-19(14)16(3,4)5)15(21)18(6)9-12(20)10-22-7/h8,11-12,20H,9-10H2,1-7H3. The minimum absolute atomic E-state index is 0.188. The first-order chi connectivity index (χ1) is 10.1. The summed E-state index contributed by atoms with van der Waals surface area (Å²) in [5, 5.41) is 14.2. The van der Waals surface area contributed by atoms with E-state index in [1.807, 2.05) is 10.7 Å². The quantitative estimate of drug-likeness (QED) is 0.870. The van der Waals surface area contributed by atoms with Crippen LogP contribution in [-0.4, -0.2) is 59.1 Å². The highest BCUT2D eigenvalue weighted by Gasteiger charge is 2.25. The first kappa shape index (κ1) is 18.6. The Kier molecular flexibility index (Phi) is 6.14. The molecular weight excluding hydrogens is 282 g/mol. The van der Waals surface area contributed by atoms with Crippen molar-refractivity contribution in [1.82, 2.24) is 14.7 Å². The van der Waals surface area contributed by atoms with Crippen LogP contribution in [-0.2, 0) is 10.3 Å². The van der Waals surface area contributed by atoms with Gasteiger partial charge >= 0.3 is 0 Å². The molecule has 1 aromatic rings. The summed E-state index contributed by atoms with van der Waals surface area (Å²) in [7, 11) is 3.18. The van der Waals surface area contributed by atoms with Gasteiger partial charge in [-0.05, 0) is 32.8 Å². The molecule has 1 rings (SSSR count). The summed E-state index contributed by atoms with van der Waals surface area (Å²) >= 11 is 0. The average molecular weight is 311 g/mol. The number of amides is 1. The Hall–Kier alpha value is -1.40. The summed E-state index contributed by atoms with van der Waals surface area (Å²) in [6.45, 7) is 10.8. The van der Waals surface area contributed by atoms with E-state index in [1.54, 1.807) is 7.05 Å². The van der Waals surface area contributed by atoms with Crippen molar-refractivity contribution in [2.45, 2.75) is 52.2 Å². The van der Waals surface area contributed by atoms with Gasteiger partial charge < -0.3 is 14.7 Å². The molecule has 6 heteroatoms. The number of methoxy groups -OCH3 is 1. The zero-order chi connectivity index (χ0) is 17.1. The molecule has 0 aliphatic heterocycles. The number of aliphatic hydroxyl groups excluding tert-OH is 1. The molecule has 0 aliphatic carbocycles. The summed E-state index contributed by atoms with van der Waals surface area (Å²) < 4.78 is 6.79. The minimum atomic E-state index is -0.701. The third-order valence-electron chi connectivity index (χ3n) is 3.37. The molecular formula is C16H29N3O3. The van der Waals surface area contributed by atoms with Crippen molar-refractivity contribution in [2.24, 2.45) is 0 Å². The van der Waals surface area contributed by atoms with E-state index in [2.05, 4.69) is 39.7 Å². The molecule has 22 heavy (non-hydrogen) atoms. The Morgan fingerprint density at radius 1 is 1.45 bits per heavy atom. The third kappa shape index (κ3) is 4.55. The zero-order valence-corrected chi connectivity index (χ0v) is 14.8. The highest BCUT2D eigenvalue weighted by Crippen LogP contribution is 2.24. The molecule has 0 spiro atoms. The molecule has 0 fully saturated rings. The Balaban J connectivity index is 2.99. The summed E-state index contributed by atoms with van der Waals surface area (Å²) in [6.07, 6.45) is -0.701. The van der Waals surface area contributed by atoms with Crippen molar-refractivity contribution in [1.29, 1.82) is 0 Å². The zero-order valence-electron chi connectivity index (χ0n) is 14.8. The topological polar surface area (TPSA) is 67.6 Å². The minimum Gasteiger partial charge on any atom is -0.389 e. The number of aliphatic hydroxyl groups is 1. The lowest BCUT2D eigenvalue weighted by Gasteiger charge is -2.24. The van der Waals surface area contributed by atoms with Gasteiger partial charge in [0.05, 0.1) is 18.2 Å². The van der Waals surface area contributed by atoms with Crippen LogP contribution in [0.4, 0.5) is 0 Å². The number of aromatic nitrogens is 2. The van der Waals surface area contributed by atoms with Gasteiger partial charge in [-0.1, -0.05) is 13.8 Å². The number of rotatable bonds is 6. The van der Waals surface area contributed by atoms with Crippen LogP contribution >= 0.6 is 0 Å². The summed E-state index contributed by atoms with van der Waals surface area (Å²) in [4.78, 5) is 14.0. The average Bonchev–Trinajstić information content (AvgIpc) is 2.82. The molecule has 0 aliphatic rings. The lowest BCUT2D eigenvalue weighted by Crippen LogP contribution is -2.36. The van der Waals surface area contributed by atoms with Gasteiger partial charge in [0, 0.05) is 26.4 Å². The van der Waals surface area contributed by atoms with Crippen molar-refractivity contribution >= 4 is 5.91 Å². The highest BCUT2D eigenvalue weighted by molar-refractivity contribution is 5.92. The maximum atomic E-state index is 12.5. The number of carbonyl (C=O) groups is 1. The van der Waals surface area contributed by atoms with E-state index in [0.717, 1.165) is 5.69 Å². The van der Waals surface area contributed by atoms with Crippen molar-refractivity contribution in [3.63, 3.8) is 0 Å². The lowest BCUT2D eigenvalue weighted by molar-refractivity contribution is 0.0377. The molecule has 0 saturated carbocycles. The van der Waals surface area contributed by atoms with Crippen molar-refractivity contribution < 1.29 is 14.6 Å². The Morgan fingerprint density at radius 2 is 2.05 bits per heavy atom. The first-order valence-corrected chi connectivity index (χ1v) is 7.60. The molecule has 1 heterocycles. The molecule has 1 unspecified atom stereocenters. The van der Waals surface area contributed by atoms with Gasteiger partial charge in [0.1, 0.15) is 0 Å². The number of likely N-dealkylation sites (N-methyl/N-ethyl adjacent to an activating group) is 1. The van der Waals surface area contributed by atoms with Crippen LogP contribution in [0.3, 0.4) is 0 Å². The van der Waals surface area contributed by atoms with E-state index in [0.29, 0.717) is 5.69 Å². The highest BCUT2D eigenvalue weighted by atomic mass is 16.5. The van der Waals surface area contributed by atoms with Crippen LogP contribution in [0.25, 0.3) is 0 Å². The molecule has 1 aromatic heterocycles. The van der Waals surface area contributed by atoms with E-state index >= 15 is 0 Å². The summed E-state index contributed by atoms with van der Waals surface area (Å²) in [5.74, 6) is 0.0812. The van der Waals surface area contributed by atoms with E-state index in [-0.39, 0.29) is 30.5 Å². The third-order valence-corrected chi connectivity index (χ3v) is 3.37. The fourth-order valence-electron chi connectivity index (χ4n) is 2.29. The fraction of sp³-hybridized carbons (Fsp3) is 0.750. The fourth-order valence-corrected chi connectivity index (χ4v) is 2.29. The summed E-state index contributed by atoms with van der Waals surface area (Å²) in [5.41, 5.74) is 1.25. The van der Waals surface area contributed by atoms with Gasteiger partial charge in [-0.15, -0.1) is 0 Å². The molecule has 1 amide bonds. The normalized spacial score (nSPS) is 13.5. The van der Waals surface area contributed by atoms with Gasteiger partial charge in [-0.3, -0.25) is 9.48 Å². The predicted octanol–water partition coefficient (Wildman–Crippen LogP) is 1.84. The van der Waals surface area contributed by atoms with Crippen LogP contribution in [0, 0.1) is 0 Å². The van der Waals surface area contributed by atoms with E-state index < -0.39 is 6.10 Å². The van der Waals surface area contributed by atoms with Gasteiger partial charge in [0.15, 0.2) is 5.69 Å². The number of hydrogen-bond donors (Lipinski definition) is 1. The molecule has 126 valence electrons. The van der Waals surface area contributed by atoms with E-state index in [1.165, 1.54) is 12.0 Å². The van der Waals surface area contributed by atoms with Crippen LogP contribution in [0.5, 0.6) is 0 Å². The molecule has 0 aromatic carbocycles. The summed E-state index contributed by atoms with van der Waals surface area (Å²) in [6, 6.07) is 1.84. The lowest BCUT2D eigenvalue weighted by atomic mass is 10.1. The smallest absolute Gasteiger partial charge is 0.274 e.